The van der Waals surface area contributed by atoms with Crippen molar-refractivity contribution in [2.75, 3.05) is 0 Å². The predicted octanol–water partition coefficient (Wildman–Crippen LogP) is 5.20. The standard InChI is InChI=1S/C15H17F6NO/c1-12(2)4-5-13(3,22(12)23)9-6-10(14(16,17)18)8-11(7-9)15(19,20)21/h6-8,23H,4-5H2,1-3H3. The monoisotopic (exact) mass is 341 g/mol. The van der Waals surface area contributed by atoms with Gasteiger partial charge < -0.3 is 5.21 Å². The van der Waals surface area contributed by atoms with Crippen molar-refractivity contribution in [1.29, 1.82) is 0 Å². The van der Waals surface area contributed by atoms with Crippen LogP contribution in [0.1, 0.15) is 50.3 Å². The van der Waals surface area contributed by atoms with E-state index in [2.05, 4.69) is 0 Å². The van der Waals surface area contributed by atoms with E-state index in [1.807, 2.05) is 0 Å². The summed E-state index contributed by atoms with van der Waals surface area (Å²) >= 11 is 0. The molecule has 8 heteroatoms. The second-order valence-corrected chi connectivity index (χ2v) is 6.69. The van der Waals surface area contributed by atoms with Gasteiger partial charge in [-0.05, 0) is 57.4 Å². The molecule has 0 saturated carbocycles. The summed E-state index contributed by atoms with van der Waals surface area (Å²) in [5.74, 6) is 0. The van der Waals surface area contributed by atoms with Gasteiger partial charge in [-0.3, -0.25) is 0 Å². The Bertz CT molecular complexity index is 575. The summed E-state index contributed by atoms with van der Waals surface area (Å²) in [7, 11) is 0. The topological polar surface area (TPSA) is 23.5 Å². The second kappa shape index (κ2) is 5.11. The first kappa shape index (κ1) is 18.1. The summed E-state index contributed by atoms with van der Waals surface area (Å²) in [4.78, 5) is 0. The average Bonchev–Trinajstić information content (AvgIpc) is 2.61. The highest BCUT2D eigenvalue weighted by molar-refractivity contribution is 5.38. The van der Waals surface area contributed by atoms with E-state index in [0.717, 1.165) is 5.06 Å². The van der Waals surface area contributed by atoms with Crippen molar-refractivity contribution in [3.8, 4) is 0 Å². The zero-order valence-electron chi connectivity index (χ0n) is 12.8. The molecule has 1 aromatic carbocycles. The van der Waals surface area contributed by atoms with Crippen molar-refractivity contribution in [2.45, 2.75) is 57.0 Å². The molecule has 0 aliphatic carbocycles. The lowest BCUT2D eigenvalue weighted by Crippen LogP contribution is -2.45. The lowest BCUT2D eigenvalue weighted by atomic mass is 9.87. The Morgan fingerprint density at radius 1 is 0.870 bits per heavy atom. The van der Waals surface area contributed by atoms with E-state index < -0.39 is 34.6 Å². The fourth-order valence-electron chi connectivity index (χ4n) is 2.96. The van der Waals surface area contributed by atoms with Crippen LogP contribution in [0.3, 0.4) is 0 Å². The quantitative estimate of drug-likeness (QED) is 0.710. The SMILES string of the molecule is CC1(C)CCC(C)(c2cc(C(F)(F)F)cc(C(F)(F)F)c2)N1O. The summed E-state index contributed by atoms with van der Waals surface area (Å²) in [5.41, 5.74) is -5.00. The maximum absolute atomic E-state index is 13.0. The van der Waals surface area contributed by atoms with E-state index >= 15 is 0 Å². The van der Waals surface area contributed by atoms with E-state index in [4.69, 9.17) is 0 Å². The number of hydrogen-bond acceptors (Lipinski definition) is 2. The Labute approximate surface area is 129 Å². The van der Waals surface area contributed by atoms with Crippen LogP contribution in [0.2, 0.25) is 0 Å². The third-order valence-electron chi connectivity index (χ3n) is 4.47. The minimum Gasteiger partial charge on any atom is -0.313 e. The van der Waals surface area contributed by atoms with Crippen molar-refractivity contribution in [1.82, 2.24) is 5.06 Å². The molecule has 2 rings (SSSR count). The largest absolute Gasteiger partial charge is 0.416 e. The molecule has 1 fully saturated rings. The Hall–Kier alpha value is -1.28. The predicted molar refractivity (Wildman–Crippen MR) is 70.7 cm³/mol. The highest BCUT2D eigenvalue weighted by atomic mass is 19.4. The summed E-state index contributed by atoms with van der Waals surface area (Å²) in [6.45, 7) is 4.80. The van der Waals surface area contributed by atoms with Gasteiger partial charge in [0.2, 0.25) is 0 Å². The van der Waals surface area contributed by atoms with Crippen LogP contribution >= 0.6 is 0 Å². The molecule has 1 N–H and O–H groups in total. The molecule has 0 radical (unpaired) electrons. The van der Waals surface area contributed by atoms with E-state index in [9.17, 15) is 31.5 Å². The molecule has 1 aliphatic heterocycles. The van der Waals surface area contributed by atoms with Crippen molar-refractivity contribution in [2.24, 2.45) is 0 Å². The number of halogens is 6. The molecule has 1 unspecified atom stereocenters. The Kier molecular flexibility index (Phi) is 4.01. The average molecular weight is 341 g/mol. The molecule has 0 amide bonds. The number of benzene rings is 1. The zero-order chi connectivity index (χ0) is 17.8. The summed E-state index contributed by atoms with van der Waals surface area (Å²) in [6.07, 6.45) is -9.12. The van der Waals surface area contributed by atoms with Gasteiger partial charge in [-0.25, -0.2) is 0 Å². The van der Waals surface area contributed by atoms with Crippen molar-refractivity contribution >= 4 is 0 Å². The maximum atomic E-state index is 13.0. The first-order valence-electron chi connectivity index (χ1n) is 6.97. The van der Waals surface area contributed by atoms with Crippen LogP contribution < -0.4 is 0 Å². The van der Waals surface area contributed by atoms with E-state index in [-0.39, 0.29) is 18.1 Å². The lowest BCUT2D eigenvalue weighted by Gasteiger charge is -2.37. The Morgan fingerprint density at radius 2 is 1.30 bits per heavy atom. The van der Waals surface area contributed by atoms with Crippen LogP contribution in [0.25, 0.3) is 0 Å². The molecule has 0 spiro atoms. The Morgan fingerprint density at radius 3 is 1.61 bits per heavy atom. The van der Waals surface area contributed by atoms with Gasteiger partial charge in [0.15, 0.2) is 0 Å². The molecule has 0 bridgehead atoms. The molecule has 23 heavy (non-hydrogen) atoms. The number of alkyl halides is 6. The van der Waals surface area contributed by atoms with Crippen LogP contribution in [0, 0.1) is 0 Å². The zero-order valence-corrected chi connectivity index (χ0v) is 12.8. The first-order valence-corrected chi connectivity index (χ1v) is 6.97. The lowest BCUT2D eigenvalue weighted by molar-refractivity contribution is -0.201. The van der Waals surface area contributed by atoms with Crippen LogP contribution in [-0.4, -0.2) is 15.8 Å². The molecular formula is C15H17F6NO. The Balaban J connectivity index is 2.63. The molecule has 1 atom stereocenters. The van der Waals surface area contributed by atoms with Crippen LogP contribution in [-0.2, 0) is 17.9 Å². The third-order valence-corrected chi connectivity index (χ3v) is 4.47. The van der Waals surface area contributed by atoms with E-state index in [0.29, 0.717) is 18.6 Å². The molecule has 0 aromatic heterocycles. The fourth-order valence-corrected chi connectivity index (χ4v) is 2.96. The number of hydrogen-bond donors (Lipinski definition) is 1. The van der Waals surface area contributed by atoms with Gasteiger partial charge >= 0.3 is 12.4 Å². The molecule has 1 aromatic rings. The minimum absolute atomic E-state index is 0.0919. The van der Waals surface area contributed by atoms with Gasteiger partial charge in [0.25, 0.3) is 0 Å². The third kappa shape index (κ3) is 3.19. The molecule has 1 saturated heterocycles. The van der Waals surface area contributed by atoms with E-state index in [1.54, 1.807) is 13.8 Å². The summed E-state index contributed by atoms with van der Waals surface area (Å²) < 4.78 is 77.7. The van der Waals surface area contributed by atoms with Gasteiger partial charge in [-0.2, -0.15) is 31.4 Å². The molecular weight excluding hydrogens is 324 g/mol. The summed E-state index contributed by atoms with van der Waals surface area (Å²) in [6, 6.07) is 1.45. The number of rotatable bonds is 1. The maximum Gasteiger partial charge on any atom is 0.416 e. The molecule has 1 heterocycles. The van der Waals surface area contributed by atoms with Crippen molar-refractivity contribution in [3.63, 3.8) is 0 Å². The number of nitrogens with zero attached hydrogens (tertiary/aromatic N) is 1. The van der Waals surface area contributed by atoms with Crippen molar-refractivity contribution < 1.29 is 31.5 Å². The minimum atomic E-state index is -4.90. The van der Waals surface area contributed by atoms with Gasteiger partial charge in [-0.15, -0.1) is 0 Å². The first-order chi connectivity index (χ1) is 10.2. The van der Waals surface area contributed by atoms with E-state index in [1.165, 1.54) is 6.92 Å². The second-order valence-electron chi connectivity index (χ2n) is 6.69. The summed E-state index contributed by atoms with van der Waals surface area (Å²) in [5, 5.41) is 11.1. The van der Waals surface area contributed by atoms with Gasteiger partial charge in [-0.1, -0.05) is 0 Å². The smallest absolute Gasteiger partial charge is 0.313 e. The fraction of sp³-hybridized carbons (Fsp3) is 0.600. The molecule has 130 valence electrons. The van der Waals surface area contributed by atoms with Crippen LogP contribution in [0.5, 0.6) is 0 Å². The van der Waals surface area contributed by atoms with Gasteiger partial charge in [0.1, 0.15) is 0 Å². The highest BCUT2D eigenvalue weighted by Crippen LogP contribution is 2.47. The molecule has 1 aliphatic rings. The highest BCUT2D eigenvalue weighted by Gasteiger charge is 2.49. The van der Waals surface area contributed by atoms with Crippen LogP contribution in [0.15, 0.2) is 18.2 Å². The van der Waals surface area contributed by atoms with Crippen molar-refractivity contribution in [3.05, 3.63) is 34.9 Å². The van der Waals surface area contributed by atoms with Gasteiger partial charge in [0, 0.05) is 5.54 Å². The van der Waals surface area contributed by atoms with Gasteiger partial charge in [0.05, 0.1) is 16.7 Å². The number of hydroxylamine groups is 2. The molecule has 2 nitrogen and oxygen atoms in total. The normalized spacial score (nSPS) is 25.8. The van der Waals surface area contributed by atoms with Crippen LogP contribution in [0.4, 0.5) is 26.3 Å².